The summed E-state index contributed by atoms with van der Waals surface area (Å²) in [4.78, 5) is 32.1. The van der Waals surface area contributed by atoms with Crippen LogP contribution in [0.4, 0.5) is 4.79 Å². The first-order chi connectivity index (χ1) is 11.7. The first-order valence-corrected chi connectivity index (χ1v) is 9.03. The molecule has 0 spiro atoms. The van der Waals surface area contributed by atoms with Crippen molar-refractivity contribution in [3.8, 4) is 0 Å². The van der Waals surface area contributed by atoms with E-state index in [0.717, 1.165) is 15.2 Å². The number of fused-ring (bicyclic) bond motifs is 1. The van der Waals surface area contributed by atoms with Gasteiger partial charge in [0.15, 0.2) is 0 Å². The van der Waals surface area contributed by atoms with Crippen LogP contribution in [0.2, 0.25) is 0 Å². The Bertz CT molecular complexity index is 690. The third-order valence-corrected chi connectivity index (χ3v) is 5.15. The second-order valence-corrected chi connectivity index (χ2v) is 6.76. The molecule has 1 aromatic carbocycles. The summed E-state index contributed by atoms with van der Waals surface area (Å²) in [5.74, 6) is 0.123. The van der Waals surface area contributed by atoms with Crippen molar-refractivity contribution in [2.75, 3.05) is 32.8 Å². The van der Waals surface area contributed by atoms with Crippen LogP contribution in [0.5, 0.6) is 0 Å². The fourth-order valence-electron chi connectivity index (χ4n) is 2.75. The molecule has 2 amide bonds. The van der Waals surface area contributed by atoms with E-state index in [1.807, 2.05) is 29.2 Å². The molecule has 0 N–H and O–H groups in total. The highest BCUT2D eigenvalue weighted by molar-refractivity contribution is 7.18. The van der Waals surface area contributed by atoms with Crippen molar-refractivity contribution in [1.29, 1.82) is 0 Å². The molecule has 0 atom stereocenters. The summed E-state index contributed by atoms with van der Waals surface area (Å²) in [6.45, 7) is 4.37. The van der Waals surface area contributed by atoms with E-state index in [4.69, 9.17) is 4.74 Å². The molecule has 1 saturated heterocycles. The number of aryl methyl sites for hydroxylation is 1. The summed E-state index contributed by atoms with van der Waals surface area (Å²) in [7, 11) is 0. The largest absolute Gasteiger partial charge is 0.450 e. The van der Waals surface area contributed by atoms with Gasteiger partial charge in [-0.1, -0.05) is 12.1 Å². The fraction of sp³-hybridized carbons (Fsp3) is 0.471. The van der Waals surface area contributed by atoms with Gasteiger partial charge in [-0.15, -0.1) is 11.3 Å². The molecule has 7 heteroatoms. The molecule has 128 valence electrons. The number of carbonyl (C=O) groups is 2. The Morgan fingerprint density at radius 3 is 2.58 bits per heavy atom. The molecule has 24 heavy (non-hydrogen) atoms. The second kappa shape index (κ2) is 7.61. The van der Waals surface area contributed by atoms with Crippen molar-refractivity contribution in [3.63, 3.8) is 0 Å². The van der Waals surface area contributed by atoms with Crippen molar-refractivity contribution in [2.45, 2.75) is 19.8 Å². The van der Waals surface area contributed by atoms with Gasteiger partial charge in [0.25, 0.3) is 0 Å². The number of piperazine rings is 1. The zero-order valence-corrected chi connectivity index (χ0v) is 14.6. The quantitative estimate of drug-likeness (QED) is 0.853. The second-order valence-electron chi connectivity index (χ2n) is 5.64. The van der Waals surface area contributed by atoms with E-state index in [1.54, 1.807) is 23.2 Å². The number of para-hydroxylation sites is 1. The molecule has 0 radical (unpaired) electrons. The molecular weight excluding hydrogens is 326 g/mol. The number of ether oxygens (including phenoxy) is 1. The van der Waals surface area contributed by atoms with Crippen LogP contribution in [0.25, 0.3) is 10.2 Å². The number of nitrogens with zero attached hydrogens (tertiary/aromatic N) is 3. The number of rotatable bonds is 4. The smallest absolute Gasteiger partial charge is 0.409 e. The normalized spacial score (nSPS) is 14.9. The molecule has 0 bridgehead atoms. The number of hydrogen-bond acceptors (Lipinski definition) is 5. The third kappa shape index (κ3) is 3.84. The molecule has 1 aliphatic heterocycles. The van der Waals surface area contributed by atoms with Gasteiger partial charge in [0.2, 0.25) is 5.91 Å². The summed E-state index contributed by atoms with van der Waals surface area (Å²) in [6, 6.07) is 8.01. The first kappa shape index (κ1) is 16.7. The highest BCUT2D eigenvalue weighted by atomic mass is 32.1. The zero-order chi connectivity index (χ0) is 16.9. The van der Waals surface area contributed by atoms with Crippen molar-refractivity contribution < 1.29 is 14.3 Å². The SMILES string of the molecule is CCOC(=O)N1CCN(C(=O)CCc2nc3ccccc3s2)CC1. The van der Waals surface area contributed by atoms with Gasteiger partial charge in [0.1, 0.15) is 0 Å². The van der Waals surface area contributed by atoms with Crippen LogP contribution in [0.1, 0.15) is 18.4 Å². The van der Waals surface area contributed by atoms with E-state index in [1.165, 1.54) is 0 Å². The van der Waals surface area contributed by atoms with E-state index >= 15 is 0 Å². The van der Waals surface area contributed by atoms with Gasteiger partial charge < -0.3 is 14.5 Å². The lowest BCUT2D eigenvalue weighted by Crippen LogP contribution is -2.50. The number of hydrogen-bond donors (Lipinski definition) is 0. The average Bonchev–Trinajstić information content (AvgIpc) is 3.03. The number of aromatic nitrogens is 1. The van der Waals surface area contributed by atoms with E-state index in [9.17, 15) is 9.59 Å². The molecule has 3 rings (SSSR count). The molecule has 0 saturated carbocycles. The van der Waals surface area contributed by atoms with Crippen LogP contribution in [-0.2, 0) is 16.0 Å². The summed E-state index contributed by atoms with van der Waals surface area (Å²) in [5, 5.41) is 0.995. The number of amides is 2. The van der Waals surface area contributed by atoms with Crippen LogP contribution in [-0.4, -0.2) is 59.6 Å². The Hall–Kier alpha value is -2.15. The number of thiazole rings is 1. The highest BCUT2D eigenvalue weighted by Gasteiger charge is 2.24. The summed E-state index contributed by atoms with van der Waals surface area (Å²) in [5.41, 5.74) is 0.994. The van der Waals surface area contributed by atoms with E-state index in [-0.39, 0.29) is 12.0 Å². The van der Waals surface area contributed by atoms with Crippen LogP contribution < -0.4 is 0 Å². The van der Waals surface area contributed by atoms with E-state index in [2.05, 4.69) is 4.98 Å². The first-order valence-electron chi connectivity index (χ1n) is 8.21. The predicted molar refractivity (Wildman–Crippen MR) is 93.1 cm³/mol. The maximum Gasteiger partial charge on any atom is 0.409 e. The summed E-state index contributed by atoms with van der Waals surface area (Å²) < 4.78 is 6.14. The standard InChI is InChI=1S/C17H21N3O3S/c1-2-23-17(22)20-11-9-19(10-12-20)16(21)8-7-15-18-13-5-3-4-6-14(13)24-15/h3-6H,2,7-12H2,1H3. The van der Waals surface area contributed by atoms with Crippen LogP contribution in [0.3, 0.4) is 0 Å². The maximum absolute atomic E-state index is 12.4. The minimum atomic E-state index is -0.293. The van der Waals surface area contributed by atoms with Crippen molar-refractivity contribution in [3.05, 3.63) is 29.3 Å². The average molecular weight is 347 g/mol. The van der Waals surface area contributed by atoms with Crippen LogP contribution in [0.15, 0.2) is 24.3 Å². The Balaban J connectivity index is 1.48. The van der Waals surface area contributed by atoms with Gasteiger partial charge in [0.05, 0.1) is 21.8 Å². The summed E-state index contributed by atoms with van der Waals surface area (Å²) in [6.07, 6.45) is 0.828. The van der Waals surface area contributed by atoms with Crippen molar-refractivity contribution in [1.82, 2.24) is 14.8 Å². The van der Waals surface area contributed by atoms with E-state index in [0.29, 0.717) is 45.6 Å². The summed E-state index contributed by atoms with van der Waals surface area (Å²) >= 11 is 1.64. The predicted octanol–water partition coefficient (Wildman–Crippen LogP) is 2.53. The molecule has 2 heterocycles. The Morgan fingerprint density at radius 1 is 1.17 bits per heavy atom. The molecule has 6 nitrogen and oxygen atoms in total. The zero-order valence-electron chi connectivity index (χ0n) is 13.7. The maximum atomic E-state index is 12.4. The lowest BCUT2D eigenvalue weighted by atomic mass is 10.2. The van der Waals surface area contributed by atoms with Crippen LogP contribution in [0, 0.1) is 0 Å². The van der Waals surface area contributed by atoms with Crippen LogP contribution >= 0.6 is 11.3 Å². The molecule has 1 aromatic heterocycles. The third-order valence-electron chi connectivity index (χ3n) is 4.05. The van der Waals surface area contributed by atoms with Crippen molar-refractivity contribution in [2.24, 2.45) is 0 Å². The molecule has 0 unspecified atom stereocenters. The highest BCUT2D eigenvalue weighted by Crippen LogP contribution is 2.22. The molecule has 0 aliphatic carbocycles. The van der Waals surface area contributed by atoms with E-state index < -0.39 is 0 Å². The number of carbonyl (C=O) groups excluding carboxylic acids is 2. The van der Waals surface area contributed by atoms with Gasteiger partial charge in [-0.3, -0.25) is 4.79 Å². The van der Waals surface area contributed by atoms with Crippen molar-refractivity contribution >= 4 is 33.6 Å². The Morgan fingerprint density at radius 2 is 1.88 bits per heavy atom. The monoisotopic (exact) mass is 347 g/mol. The molecule has 1 fully saturated rings. The Kier molecular flexibility index (Phi) is 5.30. The lowest BCUT2D eigenvalue weighted by molar-refractivity contribution is -0.132. The lowest BCUT2D eigenvalue weighted by Gasteiger charge is -2.34. The van der Waals surface area contributed by atoms with Gasteiger partial charge in [0, 0.05) is 39.0 Å². The van der Waals surface area contributed by atoms with Gasteiger partial charge >= 0.3 is 6.09 Å². The van der Waals surface area contributed by atoms with Gasteiger partial charge in [-0.05, 0) is 19.1 Å². The molecule has 1 aliphatic rings. The molecular formula is C17H21N3O3S. The number of benzene rings is 1. The fourth-order valence-corrected chi connectivity index (χ4v) is 3.72. The van der Waals surface area contributed by atoms with Gasteiger partial charge in [-0.25, -0.2) is 9.78 Å². The topological polar surface area (TPSA) is 62.7 Å². The van der Waals surface area contributed by atoms with Gasteiger partial charge in [-0.2, -0.15) is 0 Å². The minimum Gasteiger partial charge on any atom is -0.450 e. The Labute approximate surface area is 145 Å². The minimum absolute atomic E-state index is 0.123. The molecule has 2 aromatic rings.